The second-order valence-electron chi connectivity index (χ2n) is 4.51. The van der Waals surface area contributed by atoms with Crippen molar-refractivity contribution < 1.29 is 4.74 Å². The number of anilines is 1. The van der Waals surface area contributed by atoms with E-state index in [1.165, 1.54) is 12.1 Å². The molecule has 88 valence electrons. The van der Waals surface area contributed by atoms with Crippen molar-refractivity contribution in [2.45, 2.75) is 13.3 Å². The molecule has 1 aromatic heterocycles. The molecule has 1 saturated heterocycles. The second kappa shape index (κ2) is 3.91. The Bertz CT molecular complexity index is 561. The van der Waals surface area contributed by atoms with Gasteiger partial charge < -0.3 is 9.64 Å². The molecule has 0 bridgehead atoms. The summed E-state index contributed by atoms with van der Waals surface area (Å²) in [5, 5.41) is 1.10. The van der Waals surface area contributed by atoms with Gasteiger partial charge >= 0.3 is 0 Å². The maximum Gasteiger partial charge on any atom is 0.130 e. The lowest BCUT2D eigenvalue weighted by Crippen LogP contribution is -2.36. The van der Waals surface area contributed by atoms with E-state index in [2.05, 4.69) is 28.1 Å². The van der Waals surface area contributed by atoms with Crippen LogP contribution in [0.4, 0.5) is 5.69 Å². The third kappa shape index (κ3) is 1.71. The first-order valence-electron chi connectivity index (χ1n) is 5.98. The predicted molar refractivity (Wildman–Crippen MR) is 69.9 cm³/mol. The molecule has 0 atom stereocenters. The van der Waals surface area contributed by atoms with E-state index in [-0.39, 0.29) is 0 Å². The van der Waals surface area contributed by atoms with Gasteiger partial charge in [0.2, 0.25) is 0 Å². The summed E-state index contributed by atoms with van der Waals surface area (Å²) in [6.07, 6.45) is 1.29. The standard InChI is InChI=1S/C14H16N2O/c1-10-8-14(17-2)12-9-11(16-6-3-7-16)4-5-13(12)15-10/h4-5,8-9H,3,6-7H2,1-2H3. The van der Waals surface area contributed by atoms with Gasteiger partial charge in [0.25, 0.3) is 0 Å². The molecule has 0 N–H and O–H groups in total. The molecule has 1 fully saturated rings. The summed E-state index contributed by atoms with van der Waals surface area (Å²) < 4.78 is 5.44. The van der Waals surface area contributed by atoms with Gasteiger partial charge in [-0.05, 0) is 31.5 Å². The Labute approximate surface area is 101 Å². The topological polar surface area (TPSA) is 25.4 Å². The zero-order valence-corrected chi connectivity index (χ0v) is 10.2. The number of nitrogens with zero attached hydrogens (tertiary/aromatic N) is 2. The van der Waals surface area contributed by atoms with Crippen LogP contribution in [-0.4, -0.2) is 25.2 Å². The zero-order chi connectivity index (χ0) is 11.8. The predicted octanol–water partition coefficient (Wildman–Crippen LogP) is 2.76. The van der Waals surface area contributed by atoms with E-state index in [1.54, 1.807) is 7.11 Å². The van der Waals surface area contributed by atoms with Crippen molar-refractivity contribution in [1.82, 2.24) is 4.98 Å². The number of pyridine rings is 1. The van der Waals surface area contributed by atoms with E-state index in [0.29, 0.717) is 0 Å². The number of rotatable bonds is 2. The molecule has 0 radical (unpaired) electrons. The Kier molecular flexibility index (Phi) is 2.39. The minimum Gasteiger partial charge on any atom is -0.496 e. The van der Waals surface area contributed by atoms with Crippen LogP contribution in [0.2, 0.25) is 0 Å². The quantitative estimate of drug-likeness (QED) is 0.790. The highest BCUT2D eigenvalue weighted by molar-refractivity contribution is 5.88. The van der Waals surface area contributed by atoms with Gasteiger partial charge in [-0.25, -0.2) is 0 Å². The first-order chi connectivity index (χ1) is 8.28. The van der Waals surface area contributed by atoms with Crippen LogP contribution < -0.4 is 9.64 Å². The molecule has 0 aliphatic carbocycles. The fourth-order valence-electron chi connectivity index (χ4n) is 2.25. The summed E-state index contributed by atoms with van der Waals surface area (Å²) >= 11 is 0. The molecule has 0 unspecified atom stereocenters. The molecule has 1 aromatic carbocycles. The first kappa shape index (κ1) is 10.4. The van der Waals surface area contributed by atoms with Crippen molar-refractivity contribution in [2.24, 2.45) is 0 Å². The lowest BCUT2D eigenvalue weighted by atomic mass is 10.1. The molecular formula is C14H16N2O. The molecule has 0 spiro atoms. The highest BCUT2D eigenvalue weighted by Crippen LogP contribution is 2.30. The number of benzene rings is 1. The van der Waals surface area contributed by atoms with Crippen LogP contribution in [0.25, 0.3) is 10.9 Å². The lowest BCUT2D eigenvalue weighted by Gasteiger charge is -2.33. The van der Waals surface area contributed by atoms with E-state index in [0.717, 1.165) is 35.4 Å². The van der Waals surface area contributed by atoms with Crippen molar-refractivity contribution in [3.05, 3.63) is 30.0 Å². The maximum atomic E-state index is 5.44. The molecule has 1 aliphatic heterocycles. The molecule has 2 heterocycles. The maximum absolute atomic E-state index is 5.44. The normalized spacial score (nSPS) is 14.8. The van der Waals surface area contributed by atoms with Gasteiger partial charge in [-0.15, -0.1) is 0 Å². The van der Waals surface area contributed by atoms with E-state index in [9.17, 15) is 0 Å². The van der Waals surface area contributed by atoms with Gasteiger partial charge in [0.15, 0.2) is 0 Å². The van der Waals surface area contributed by atoms with Crippen LogP contribution in [-0.2, 0) is 0 Å². The van der Waals surface area contributed by atoms with Crippen LogP contribution in [0, 0.1) is 6.92 Å². The Morgan fingerprint density at radius 2 is 2.06 bits per heavy atom. The molecule has 0 saturated carbocycles. The average molecular weight is 228 g/mol. The van der Waals surface area contributed by atoms with Crippen LogP contribution in [0.3, 0.4) is 0 Å². The minimum absolute atomic E-state index is 0.912. The zero-order valence-electron chi connectivity index (χ0n) is 10.2. The molecular weight excluding hydrogens is 212 g/mol. The smallest absolute Gasteiger partial charge is 0.130 e. The van der Waals surface area contributed by atoms with E-state index < -0.39 is 0 Å². The largest absolute Gasteiger partial charge is 0.496 e. The van der Waals surface area contributed by atoms with Crippen LogP contribution in [0.15, 0.2) is 24.3 Å². The van der Waals surface area contributed by atoms with Gasteiger partial charge in [-0.2, -0.15) is 0 Å². The highest BCUT2D eigenvalue weighted by Gasteiger charge is 2.15. The van der Waals surface area contributed by atoms with E-state index >= 15 is 0 Å². The number of ether oxygens (including phenoxy) is 1. The monoisotopic (exact) mass is 228 g/mol. The molecule has 3 rings (SSSR count). The van der Waals surface area contributed by atoms with Crippen molar-refractivity contribution in [3.63, 3.8) is 0 Å². The SMILES string of the molecule is COc1cc(C)nc2ccc(N3CCC3)cc12. The Morgan fingerprint density at radius 3 is 2.71 bits per heavy atom. The van der Waals surface area contributed by atoms with Crippen LogP contribution in [0.1, 0.15) is 12.1 Å². The first-order valence-corrected chi connectivity index (χ1v) is 5.98. The minimum atomic E-state index is 0.912. The lowest BCUT2D eigenvalue weighted by molar-refractivity contribution is 0.419. The number of aryl methyl sites for hydroxylation is 1. The fourth-order valence-corrected chi connectivity index (χ4v) is 2.25. The summed E-state index contributed by atoms with van der Waals surface area (Å²) in [6.45, 7) is 4.31. The molecule has 1 aliphatic rings. The third-order valence-electron chi connectivity index (χ3n) is 3.32. The Hall–Kier alpha value is -1.77. The Morgan fingerprint density at radius 1 is 1.24 bits per heavy atom. The van der Waals surface area contributed by atoms with Crippen LogP contribution >= 0.6 is 0 Å². The number of aromatic nitrogens is 1. The number of methoxy groups -OCH3 is 1. The summed E-state index contributed by atoms with van der Waals surface area (Å²) in [5.74, 6) is 0.912. The van der Waals surface area contributed by atoms with Gasteiger partial charge in [-0.1, -0.05) is 0 Å². The summed E-state index contributed by atoms with van der Waals surface area (Å²) in [5.41, 5.74) is 3.27. The number of hydrogen-bond acceptors (Lipinski definition) is 3. The summed E-state index contributed by atoms with van der Waals surface area (Å²) in [4.78, 5) is 6.90. The second-order valence-corrected chi connectivity index (χ2v) is 4.51. The van der Waals surface area contributed by atoms with Gasteiger partial charge in [0, 0.05) is 35.9 Å². The Balaban J connectivity index is 2.16. The van der Waals surface area contributed by atoms with Crippen molar-refractivity contribution in [3.8, 4) is 5.75 Å². The average Bonchev–Trinajstić information content (AvgIpc) is 2.26. The van der Waals surface area contributed by atoms with Crippen molar-refractivity contribution in [2.75, 3.05) is 25.1 Å². The van der Waals surface area contributed by atoms with Gasteiger partial charge in [-0.3, -0.25) is 4.98 Å². The third-order valence-corrected chi connectivity index (χ3v) is 3.32. The molecule has 0 amide bonds. The van der Waals surface area contributed by atoms with E-state index in [1.807, 2.05) is 13.0 Å². The van der Waals surface area contributed by atoms with Crippen molar-refractivity contribution >= 4 is 16.6 Å². The molecule has 3 nitrogen and oxygen atoms in total. The van der Waals surface area contributed by atoms with Crippen LogP contribution in [0.5, 0.6) is 5.75 Å². The van der Waals surface area contributed by atoms with E-state index in [4.69, 9.17) is 4.74 Å². The molecule has 17 heavy (non-hydrogen) atoms. The van der Waals surface area contributed by atoms with Gasteiger partial charge in [0.1, 0.15) is 5.75 Å². The summed E-state index contributed by atoms with van der Waals surface area (Å²) in [7, 11) is 1.71. The molecule has 2 aromatic rings. The fraction of sp³-hybridized carbons (Fsp3) is 0.357. The highest BCUT2D eigenvalue weighted by atomic mass is 16.5. The van der Waals surface area contributed by atoms with Crippen molar-refractivity contribution in [1.29, 1.82) is 0 Å². The number of fused-ring (bicyclic) bond motifs is 1. The summed E-state index contributed by atoms with van der Waals surface area (Å²) in [6, 6.07) is 8.40. The van der Waals surface area contributed by atoms with Gasteiger partial charge in [0.05, 0.1) is 12.6 Å². The number of hydrogen-bond donors (Lipinski definition) is 0. The molecule has 3 heteroatoms.